The first-order valence-corrected chi connectivity index (χ1v) is 7.05. The highest BCUT2D eigenvalue weighted by Gasteiger charge is 2.37. The van der Waals surface area contributed by atoms with E-state index in [0.717, 1.165) is 11.1 Å². The highest BCUT2D eigenvalue weighted by atomic mass is 35.5. The number of hydrogen-bond acceptors (Lipinski definition) is 3. The number of aliphatic carboxylic acids is 1. The number of benzene rings is 1. The minimum Gasteiger partial charge on any atom is -0.480 e. The Morgan fingerprint density at radius 3 is 2.62 bits per heavy atom. The molecule has 0 radical (unpaired) electrons. The summed E-state index contributed by atoms with van der Waals surface area (Å²) in [6.07, 6.45) is -0.440. The average molecular weight is 312 g/mol. The van der Waals surface area contributed by atoms with Crippen LogP contribution < -0.4 is 0 Å². The largest absolute Gasteiger partial charge is 0.480 e. The Kier molecular flexibility index (Phi) is 4.14. The van der Waals surface area contributed by atoms with Gasteiger partial charge in [-0.25, -0.2) is 9.59 Å². The Hall–Kier alpha value is -1.75. The van der Waals surface area contributed by atoms with Gasteiger partial charge in [-0.15, -0.1) is 0 Å². The van der Waals surface area contributed by atoms with Gasteiger partial charge < -0.3 is 9.84 Å². The van der Waals surface area contributed by atoms with Gasteiger partial charge in [-0.1, -0.05) is 23.7 Å². The molecule has 0 spiro atoms. The van der Waals surface area contributed by atoms with Crippen LogP contribution in [0, 0.1) is 0 Å². The molecule has 0 bridgehead atoms. The number of amides is 1. The standard InChI is InChI=1S/C15H18ClNO4/c1-15(2,3)21-14(20)17-8-9-5-4-6-11(16)10(9)7-12(17)13(18)19/h4-6,12H,7-8H2,1-3H3,(H,18,19)/t12-/m0/s1. The number of carbonyl (C=O) groups is 2. The summed E-state index contributed by atoms with van der Waals surface area (Å²) in [4.78, 5) is 24.9. The SMILES string of the molecule is CC(C)(C)OC(=O)N1Cc2cccc(Cl)c2C[C@H]1C(=O)O. The summed E-state index contributed by atoms with van der Waals surface area (Å²) in [5, 5.41) is 9.91. The van der Waals surface area contributed by atoms with Gasteiger partial charge in [-0.05, 0) is 38.0 Å². The van der Waals surface area contributed by atoms with Gasteiger partial charge in [0.1, 0.15) is 11.6 Å². The molecule has 1 aromatic carbocycles. The number of rotatable bonds is 1. The van der Waals surface area contributed by atoms with Crippen LogP contribution in [0.1, 0.15) is 31.9 Å². The second-order valence-electron chi connectivity index (χ2n) is 6.04. The van der Waals surface area contributed by atoms with Gasteiger partial charge >= 0.3 is 12.1 Å². The molecule has 0 unspecified atom stereocenters. The number of carbonyl (C=O) groups excluding carboxylic acids is 1. The summed E-state index contributed by atoms with van der Waals surface area (Å²) in [7, 11) is 0. The highest BCUT2D eigenvalue weighted by molar-refractivity contribution is 6.31. The number of carboxylic acids is 1. The summed E-state index contributed by atoms with van der Waals surface area (Å²) in [5.74, 6) is -1.06. The zero-order valence-electron chi connectivity index (χ0n) is 12.2. The third-order valence-corrected chi connectivity index (χ3v) is 3.60. The summed E-state index contributed by atoms with van der Waals surface area (Å²) in [6.45, 7) is 5.42. The van der Waals surface area contributed by atoms with Gasteiger partial charge in [0.15, 0.2) is 0 Å². The Balaban J connectivity index is 2.32. The summed E-state index contributed by atoms with van der Waals surface area (Å²) < 4.78 is 5.29. The lowest BCUT2D eigenvalue weighted by Gasteiger charge is -2.35. The van der Waals surface area contributed by atoms with Crippen molar-refractivity contribution in [1.82, 2.24) is 4.90 Å². The minimum absolute atomic E-state index is 0.182. The van der Waals surface area contributed by atoms with Crippen LogP contribution in [0.25, 0.3) is 0 Å². The lowest BCUT2D eigenvalue weighted by Crippen LogP contribution is -2.50. The van der Waals surface area contributed by atoms with E-state index >= 15 is 0 Å². The fourth-order valence-electron chi connectivity index (χ4n) is 2.31. The smallest absolute Gasteiger partial charge is 0.411 e. The molecule has 1 amide bonds. The molecule has 2 rings (SSSR count). The van der Waals surface area contributed by atoms with E-state index < -0.39 is 23.7 Å². The van der Waals surface area contributed by atoms with Crippen molar-refractivity contribution >= 4 is 23.7 Å². The van der Waals surface area contributed by atoms with Crippen LogP contribution in [0.3, 0.4) is 0 Å². The molecule has 6 heteroatoms. The van der Waals surface area contributed by atoms with E-state index in [1.165, 1.54) is 4.90 Å². The zero-order chi connectivity index (χ0) is 15.8. The van der Waals surface area contributed by atoms with Crippen molar-refractivity contribution in [2.45, 2.75) is 45.4 Å². The maximum atomic E-state index is 12.2. The molecule has 1 atom stereocenters. The van der Waals surface area contributed by atoms with Crippen LogP contribution in [-0.2, 0) is 22.5 Å². The van der Waals surface area contributed by atoms with Crippen LogP contribution in [0.15, 0.2) is 18.2 Å². The average Bonchev–Trinajstić information content (AvgIpc) is 2.35. The van der Waals surface area contributed by atoms with E-state index in [1.807, 2.05) is 6.07 Å². The number of halogens is 1. The summed E-state index contributed by atoms with van der Waals surface area (Å²) in [6, 6.07) is 4.39. The highest BCUT2D eigenvalue weighted by Crippen LogP contribution is 2.30. The van der Waals surface area contributed by atoms with Crippen molar-refractivity contribution < 1.29 is 19.4 Å². The molecule has 1 N–H and O–H groups in total. The lowest BCUT2D eigenvalue weighted by atomic mass is 9.94. The molecule has 114 valence electrons. The first-order valence-electron chi connectivity index (χ1n) is 6.68. The second kappa shape index (κ2) is 5.56. The number of fused-ring (bicyclic) bond motifs is 1. The molecule has 0 aliphatic carbocycles. The van der Waals surface area contributed by atoms with Crippen molar-refractivity contribution in [2.24, 2.45) is 0 Å². The first-order chi connectivity index (χ1) is 9.69. The Morgan fingerprint density at radius 1 is 1.38 bits per heavy atom. The molecule has 0 aromatic heterocycles. The molecule has 1 aromatic rings. The predicted octanol–water partition coefficient (Wildman–Crippen LogP) is 3.09. The Morgan fingerprint density at radius 2 is 2.05 bits per heavy atom. The Bertz CT molecular complexity index is 580. The molecule has 5 nitrogen and oxygen atoms in total. The van der Waals surface area contributed by atoms with Gasteiger partial charge in [0.05, 0.1) is 6.54 Å². The van der Waals surface area contributed by atoms with Crippen molar-refractivity contribution in [3.63, 3.8) is 0 Å². The first kappa shape index (κ1) is 15.6. The number of hydrogen-bond donors (Lipinski definition) is 1. The lowest BCUT2D eigenvalue weighted by molar-refractivity contribution is -0.143. The monoisotopic (exact) mass is 311 g/mol. The van der Waals surface area contributed by atoms with E-state index in [0.29, 0.717) is 5.02 Å². The number of carboxylic acid groups (broad SMARTS) is 1. The van der Waals surface area contributed by atoms with Crippen molar-refractivity contribution in [3.05, 3.63) is 34.3 Å². The Labute approximate surface area is 128 Å². The molecule has 1 aliphatic rings. The van der Waals surface area contributed by atoms with Crippen molar-refractivity contribution in [2.75, 3.05) is 0 Å². The number of nitrogens with zero attached hydrogens (tertiary/aromatic N) is 1. The van der Waals surface area contributed by atoms with E-state index in [-0.39, 0.29) is 13.0 Å². The quantitative estimate of drug-likeness (QED) is 0.865. The summed E-state index contributed by atoms with van der Waals surface area (Å²) >= 11 is 6.12. The predicted molar refractivity (Wildman–Crippen MR) is 78.4 cm³/mol. The van der Waals surface area contributed by atoms with Crippen molar-refractivity contribution in [1.29, 1.82) is 0 Å². The molecule has 0 saturated heterocycles. The number of ether oxygens (including phenoxy) is 1. The molecule has 21 heavy (non-hydrogen) atoms. The maximum Gasteiger partial charge on any atom is 0.411 e. The van der Waals surface area contributed by atoms with Gasteiger partial charge in [-0.2, -0.15) is 0 Å². The molecule has 0 fully saturated rings. The third kappa shape index (κ3) is 3.47. The van der Waals surface area contributed by atoms with Gasteiger partial charge in [-0.3, -0.25) is 4.90 Å². The molecular weight excluding hydrogens is 294 g/mol. The maximum absolute atomic E-state index is 12.2. The van der Waals surface area contributed by atoms with Crippen LogP contribution in [0.5, 0.6) is 0 Å². The van der Waals surface area contributed by atoms with E-state index in [9.17, 15) is 14.7 Å². The third-order valence-electron chi connectivity index (χ3n) is 3.24. The second-order valence-corrected chi connectivity index (χ2v) is 6.45. The normalized spacial score (nSPS) is 18.1. The zero-order valence-corrected chi connectivity index (χ0v) is 13.0. The molecule has 1 aliphatic heterocycles. The van der Waals surface area contributed by atoms with Crippen LogP contribution >= 0.6 is 11.6 Å². The molecule has 0 saturated carbocycles. The van der Waals surface area contributed by atoms with Gasteiger partial charge in [0.2, 0.25) is 0 Å². The van der Waals surface area contributed by atoms with E-state index in [1.54, 1.807) is 32.9 Å². The van der Waals surface area contributed by atoms with Crippen LogP contribution in [0.4, 0.5) is 4.79 Å². The fraction of sp³-hybridized carbons (Fsp3) is 0.467. The molecular formula is C15H18ClNO4. The van der Waals surface area contributed by atoms with E-state index in [2.05, 4.69) is 0 Å². The molecule has 1 heterocycles. The fourth-order valence-corrected chi connectivity index (χ4v) is 2.58. The van der Waals surface area contributed by atoms with Crippen molar-refractivity contribution in [3.8, 4) is 0 Å². The van der Waals surface area contributed by atoms with Crippen LogP contribution in [-0.4, -0.2) is 33.7 Å². The van der Waals surface area contributed by atoms with E-state index in [4.69, 9.17) is 16.3 Å². The minimum atomic E-state index is -1.06. The van der Waals surface area contributed by atoms with Gasteiger partial charge in [0.25, 0.3) is 0 Å². The van der Waals surface area contributed by atoms with Gasteiger partial charge in [0, 0.05) is 11.4 Å². The topological polar surface area (TPSA) is 66.8 Å². The van der Waals surface area contributed by atoms with Crippen LogP contribution in [0.2, 0.25) is 5.02 Å². The summed E-state index contributed by atoms with van der Waals surface area (Å²) in [5.41, 5.74) is 0.964.